The van der Waals surface area contributed by atoms with Crippen molar-refractivity contribution < 1.29 is 130 Å². The van der Waals surface area contributed by atoms with Crippen LogP contribution in [0.15, 0.2) is 128 Å². The molecule has 0 aliphatic carbocycles. The van der Waals surface area contributed by atoms with Crippen molar-refractivity contribution in [1.29, 1.82) is 0 Å². The maximum absolute atomic E-state index is 14.2. The highest BCUT2D eigenvalue weighted by atomic mass is 31.3. The van der Waals surface area contributed by atoms with Crippen LogP contribution in [-0.4, -0.2) is 230 Å². The predicted molar refractivity (Wildman–Crippen MR) is 517 cm³/mol. The first kappa shape index (κ1) is 123. The third kappa shape index (κ3) is 52.9. The molecule has 38 heteroatoms. The molecule has 0 aromatic rings. The number of carboxylic acid groups (broad SMARTS) is 2. The first-order chi connectivity index (χ1) is 63.4. The lowest BCUT2D eigenvalue weighted by Crippen LogP contribution is -2.70. The topological polar surface area (TPSA) is 554 Å². The molecule has 2 aliphatic heterocycles. The molecule has 2 fully saturated rings. The second-order valence-electron chi connectivity index (χ2n) is 36.0. The number of carboxylic acids is 2. The first-order valence-corrected chi connectivity index (χ1v) is 50.0. The number of carbonyl (C=O) groups is 10. The molecule has 0 aromatic heterocycles. The van der Waals surface area contributed by atoms with Gasteiger partial charge in [0.1, 0.15) is 85.0 Å². The van der Waals surface area contributed by atoms with Crippen LogP contribution < -0.4 is 48.3 Å². The molecule has 0 saturated carbocycles. The number of phosphoric ester groups is 2. The van der Waals surface area contributed by atoms with E-state index in [1.165, 1.54) is 77.0 Å². The Kier molecular flexibility index (Phi) is 59.6. The van der Waals surface area contributed by atoms with Crippen molar-refractivity contribution in [1.82, 2.24) is 42.5 Å². The van der Waals surface area contributed by atoms with Gasteiger partial charge in [-0.15, -0.1) is 0 Å². The third-order valence-corrected chi connectivity index (χ3v) is 25.3. The molecule has 2 rings (SSSR count). The van der Waals surface area contributed by atoms with Gasteiger partial charge in [0.05, 0.1) is 25.9 Å². The molecule has 2 aliphatic rings. The van der Waals surface area contributed by atoms with Gasteiger partial charge >= 0.3 is 27.6 Å². The Bertz CT molecular complexity index is 4260. The molecular formula is C97H161N9O27P2. The van der Waals surface area contributed by atoms with E-state index in [9.17, 15) is 97.5 Å². The van der Waals surface area contributed by atoms with E-state index in [0.717, 1.165) is 149 Å². The number of hydrogen-bond acceptors (Lipinski definition) is 24. The lowest BCUT2D eigenvalue weighted by molar-refractivity contribution is -0.331. The summed E-state index contributed by atoms with van der Waals surface area (Å²) in [6.45, 7) is 31.4. The fourth-order valence-electron chi connectivity index (χ4n) is 14.4. The Labute approximate surface area is 799 Å². The van der Waals surface area contributed by atoms with Crippen molar-refractivity contribution in [2.24, 2.45) is 5.73 Å². The van der Waals surface area contributed by atoms with Gasteiger partial charge in [0, 0.05) is 26.8 Å². The number of amides is 8. The molecule has 2 heterocycles. The Morgan fingerprint density at radius 1 is 0.407 bits per heavy atom. The number of aliphatic hydroxyl groups excluding tert-OH is 4. The molecule has 36 nitrogen and oxygen atoms in total. The van der Waals surface area contributed by atoms with Crippen molar-refractivity contribution in [3.8, 4) is 0 Å². The van der Waals surface area contributed by atoms with E-state index < -0.39 is 211 Å². The molecule has 766 valence electrons. The number of rotatable bonds is 65. The Balaban J connectivity index is 2.11. The standard InChI is InChI=1S/C97H161N9O27P2/c1-60(2)32-22-33-61(3)34-23-35-62(4)36-24-37-63(5)38-25-39-64(6)40-26-41-65(7)42-27-43-66(8)44-28-45-67(9)46-29-47-68(10)48-30-49-69(11)50-31-51-70(12)55-57-127-134(123,124)133-135(125,126)132-97-84(104-77(19)110)88(87(81(59-108)130-97)131-96-83(103-76(18)109)86(113)85(112)80(58-107)129-96)128-75(17)92(117)100-73(15)91(116)106-79(95(121)122)53-54-82(111)105-78(52-20-21-56-99-89(114)71(13)98)93(118)101-72(14)90(115)102-74(16)94(119)120/h32,34,36,38,40,42,44,46,48,50,55,71-75,78-81,83-88,96-97,107-108,112-113H,20-31,33,35,37,39,41,43,45,47,49,51-54,56-59,98H2,1-19H3,(H,99,114)(H,100,117)(H,101,118)(H,102,115)(H,103,109)(H,104,110)(H,105,111)(H,106,116)(H,119,120)(H,121,122)(H,123,124)(H,125,126)/b61-34+,62-36+,63-38-,64-40-,65-42-,66-44-,67-46-,68-48-,69-50-,70-55-/t71-,72+,73-,74+,75?,78-,79?,80+,81+,83+,84+,85+,86+,87+,88+,96-,97?/m0/s1. The quantitative estimate of drug-likeness (QED) is 0.0153. The second-order valence-corrected chi connectivity index (χ2v) is 39.0. The van der Waals surface area contributed by atoms with E-state index in [1.807, 2.05) is 6.92 Å². The van der Waals surface area contributed by atoms with Crippen molar-refractivity contribution in [2.75, 3.05) is 26.4 Å². The number of unbranched alkanes of at least 4 members (excludes halogenated alkanes) is 1. The number of nitrogens with two attached hydrogens (primary N) is 1. The molecule has 8 amide bonds. The molecule has 18 N–H and O–H groups in total. The number of nitrogens with one attached hydrogen (secondary N) is 8. The first-order valence-electron chi connectivity index (χ1n) is 47.0. The summed E-state index contributed by atoms with van der Waals surface area (Å²) in [5.41, 5.74) is 20.3. The minimum atomic E-state index is -5.96. The largest absolute Gasteiger partial charge is 0.483 e. The average molecular weight is 1950 g/mol. The summed E-state index contributed by atoms with van der Waals surface area (Å²) in [4.78, 5) is 151. The van der Waals surface area contributed by atoms with E-state index in [-0.39, 0.29) is 25.8 Å². The highest BCUT2D eigenvalue weighted by Crippen LogP contribution is 2.61. The fraction of sp³-hybridized carbons (Fsp3) is 0.670. The molecule has 0 bridgehead atoms. The van der Waals surface area contributed by atoms with Crippen LogP contribution >= 0.6 is 15.6 Å². The van der Waals surface area contributed by atoms with Crippen molar-refractivity contribution in [2.45, 2.75) is 396 Å². The molecule has 0 radical (unpaired) electrons. The van der Waals surface area contributed by atoms with Crippen LogP contribution in [0.1, 0.15) is 292 Å². The number of carbonyl (C=O) groups excluding carboxylic acids is 8. The van der Waals surface area contributed by atoms with Gasteiger partial charge in [0.25, 0.3) is 0 Å². The summed E-state index contributed by atoms with van der Waals surface area (Å²) in [6.07, 6.45) is 26.4. The van der Waals surface area contributed by atoms with E-state index in [4.69, 9.17) is 33.7 Å². The minimum absolute atomic E-state index is 0.0829. The monoisotopic (exact) mass is 1950 g/mol. The number of ether oxygens (including phenoxy) is 4. The minimum Gasteiger partial charge on any atom is -0.480 e. The van der Waals surface area contributed by atoms with Crippen LogP contribution in [0.25, 0.3) is 0 Å². The summed E-state index contributed by atoms with van der Waals surface area (Å²) < 4.78 is 66.4. The highest BCUT2D eigenvalue weighted by molar-refractivity contribution is 7.61. The molecule has 2 saturated heterocycles. The number of aliphatic carboxylic acids is 2. The normalized spacial score (nSPS) is 22.2. The number of hydrogen-bond donors (Lipinski definition) is 17. The third-order valence-electron chi connectivity index (χ3n) is 22.7. The highest BCUT2D eigenvalue weighted by Gasteiger charge is 2.55. The lowest BCUT2D eigenvalue weighted by Gasteiger charge is -2.49. The lowest BCUT2D eigenvalue weighted by atomic mass is 9.94. The number of aliphatic hydroxyl groups is 4. The van der Waals surface area contributed by atoms with E-state index in [0.29, 0.717) is 18.4 Å². The summed E-state index contributed by atoms with van der Waals surface area (Å²) in [5.74, 6) is -10.3. The molecule has 135 heavy (non-hydrogen) atoms. The van der Waals surface area contributed by atoms with Crippen molar-refractivity contribution in [3.63, 3.8) is 0 Å². The van der Waals surface area contributed by atoms with E-state index >= 15 is 0 Å². The maximum atomic E-state index is 14.2. The second kappa shape index (κ2) is 65.6. The number of allylic oxidation sites excluding steroid dienone is 21. The predicted octanol–water partition coefficient (Wildman–Crippen LogP) is 11.9. The van der Waals surface area contributed by atoms with Crippen LogP contribution in [-0.2, 0) is 89.4 Å². The Hall–Kier alpha value is -8.26. The summed E-state index contributed by atoms with van der Waals surface area (Å²) in [6, 6.07) is -12.1. The van der Waals surface area contributed by atoms with Crippen LogP contribution in [0, 0.1) is 0 Å². The molecule has 0 aromatic carbocycles. The van der Waals surface area contributed by atoms with Gasteiger partial charge < -0.3 is 108 Å². The Morgan fingerprint density at radius 2 is 0.793 bits per heavy atom. The van der Waals surface area contributed by atoms with Crippen LogP contribution in [0.2, 0.25) is 0 Å². The molecular weight excluding hydrogens is 1790 g/mol. The zero-order valence-electron chi connectivity index (χ0n) is 83.0. The summed E-state index contributed by atoms with van der Waals surface area (Å²) >= 11 is 0. The van der Waals surface area contributed by atoms with Gasteiger partial charge in [-0.3, -0.25) is 52.2 Å². The zero-order valence-corrected chi connectivity index (χ0v) is 84.8. The maximum Gasteiger partial charge on any atom is 0.483 e. The van der Waals surface area contributed by atoms with Gasteiger partial charge in [-0.25, -0.2) is 13.9 Å². The Morgan fingerprint density at radius 3 is 1.19 bits per heavy atom. The van der Waals surface area contributed by atoms with Gasteiger partial charge in [-0.05, 0) is 272 Å². The summed E-state index contributed by atoms with van der Waals surface area (Å²) in [5, 5.41) is 81.5. The van der Waals surface area contributed by atoms with Crippen LogP contribution in [0.4, 0.5) is 0 Å². The molecule has 0 spiro atoms. The van der Waals surface area contributed by atoms with Gasteiger partial charge in [0.2, 0.25) is 47.3 Å². The molecule has 19 atom stereocenters. The van der Waals surface area contributed by atoms with Crippen molar-refractivity contribution >= 4 is 74.8 Å². The fourth-order valence-corrected chi connectivity index (χ4v) is 16.5. The van der Waals surface area contributed by atoms with Crippen LogP contribution in [0.3, 0.4) is 0 Å². The van der Waals surface area contributed by atoms with Gasteiger partial charge in [-0.1, -0.05) is 128 Å². The average Bonchev–Trinajstić information content (AvgIpc) is 0.764. The van der Waals surface area contributed by atoms with Gasteiger partial charge in [-0.2, -0.15) is 4.31 Å². The van der Waals surface area contributed by atoms with E-state index in [2.05, 4.69) is 177 Å². The molecule has 5 unspecified atom stereocenters. The number of phosphoric acid groups is 2. The zero-order chi connectivity index (χ0) is 102. The summed E-state index contributed by atoms with van der Waals surface area (Å²) in [7, 11) is -11.5. The van der Waals surface area contributed by atoms with E-state index in [1.54, 1.807) is 6.92 Å². The van der Waals surface area contributed by atoms with Crippen LogP contribution in [0.5, 0.6) is 0 Å². The SMILES string of the molecule is CC(=O)N[C@H]1[C@H](O[C@H]2[C@H](OC(C)C(=O)N[C@@H](C)C(=O)NC(CCC(=O)N[C@@H](CCCCNC(=O)[C@H](C)N)C(=O)N[C@H](C)C(=O)N[C@H](C)C(=O)O)C(=O)O)[C@@H](NC(C)=O)C(OP(=O)(O)OP(=O)(O)OC/C=C(/C)CC/C=C(/C)CC/C=C(/C)CC/C=C(/C)CC/C=C(/C)CC/C=C(/C)CC/C=C(/C)CC/C=C(/C)CC/C=C(\C)CC/C=C(\C)CCC=C(C)C)O[C@@H]2CO)O[C@H](CO)[C@@H](O)[C@@H]1O. The smallest absolute Gasteiger partial charge is 0.480 e. The van der Waals surface area contributed by atoms with Gasteiger partial charge in [0.15, 0.2) is 12.6 Å². The van der Waals surface area contributed by atoms with Crippen molar-refractivity contribution in [3.05, 3.63) is 128 Å².